The first-order chi connectivity index (χ1) is 8.72. The van der Waals surface area contributed by atoms with E-state index in [9.17, 15) is 4.79 Å². The molecule has 3 nitrogen and oxygen atoms in total. The molecule has 1 amide bonds. The first kappa shape index (κ1) is 12.2. The van der Waals surface area contributed by atoms with Crippen molar-refractivity contribution in [3.8, 4) is 0 Å². The molecule has 92 valence electrons. The Morgan fingerprint density at radius 2 is 1.56 bits per heavy atom. The van der Waals surface area contributed by atoms with Crippen LogP contribution in [0.15, 0.2) is 48.5 Å². The minimum Gasteiger partial charge on any atom is -0.387 e. The van der Waals surface area contributed by atoms with Gasteiger partial charge in [-0.3, -0.25) is 4.79 Å². The van der Waals surface area contributed by atoms with E-state index in [1.54, 1.807) is 13.1 Å². The summed E-state index contributed by atoms with van der Waals surface area (Å²) in [6, 6.07) is 15.2. The van der Waals surface area contributed by atoms with Crippen molar-refractivity contribution in [3.05, 3.63) is 59.7 Å². The van der Waals surface area contributed by atoms with Gasteiger partial charge in [0.2, 0.25) is 0 Å². The smallest absolute Gasteiger partial charge is 0.257 e. The summed E-state index contributed by atoms with van der Waals surface area (Å²) in [5.41, 5.74) is 3.35. The van der Waals surface area contributed by atoms with Crippen LogP contribution < -0.4 is 10.6 Å². The van der Waals surface area contributed by atoms with E-state index in [0.717, 1.165) is 16.9 Å². The third kappa shape index (κ3) is 2.51. The van der Waals surface area contributed by atoms with Crippen molar-refractivity contribution in [2.24, 2.45) is 0 Å². The number of nitrogens with one attached hydrogen (secondary N) is 2. The fraction of sp³-hybridized carbons (Fsp3) is 0.133. The molecule has 18 heavy (non-hydrogen) atoms. The summed E-state index contributed by atoms with van der Waals surface area (Å²) in [5.74, 6) is -0.103. The van der Waals surface area contributed by atoms with E-state index in [2.05, 4.69) is 10.6 Å². The van der Waals surface area contributed by atoms with E-state index in [0.29, 0.717) is 5.56 Å². The predicted molar refractivity (Wildman–Crippen MR) is 75.1 cm³/mol. The van der Waals surface area contributed by atoms with E-state index in [1.165, 1.54) is 0 Å². The number of para-hydroxylation sites is 2. The molecule has 0 saturated carbocycles. The number of hydrogen-bond donors (Lipinski definition) is 2. The van der Waals surface area contributed by atoms with E-state index in [1.807, 2.05) is 49.4 Å². The summed E-state index contributed by atoms with van der Waals surface area (Å²) < 4.78 is 0. The Morgan fingerprint density at radius 3 is 2.22 bits per heavy atom. The summed E-state index contributed by atoms with van der Waals surface area (Å²) in [6.07, 6.45) is 0. The first-order valence-electron chi connectivity index (χ1n) is 5.86. The number of amides is 1. The number of anilines is 2. The van der Waals surface area contributed by atoms with Crippen LogP contribution in [0.3, 0.4) is 0 Å². The van der Waals surface area contributed by atoms with E-state index in [-0.39, 0.29) is 5.91 Å². The average molecular weight is 240 g/mol. The van der Waals surface area contributed by atoms with Gasteiger partial charge in [-0.05, 0) is 30.7 Å². The number of carbonyl (C=O) groups is 1. The molecule has 0 spiro atoms. The molecule has 0 fully saturated rings. The summed E-state index contributed by atoms with van der Waals surface area (Å²) >= 11 is 0. The van der Waals surface area contributed by atoms with Gasteiger partial charge in [-0.1, -0.05) is 30.3 Å². The number of hydrogen-bond acceptors (Lipinski definition) is 2. The number of benzene rings is 2. The van der Waals surface area contributed by atoms with Gasteiger partial charge in [-0.25, -0.2) is 0 Å². The molecular weight excluding hydrogens is 224 g/mol. The molecule has 0 radical (unpaired) electrons. The Morgan fingerprint density at radius 1 is 0.944 bits per heavy atom. The Balaban J connectivity index is 2.25. The van der Waals surface area contributed by atoms with Crippen molar-refractivity contribution in [1.29, 1.82) is 0 Å². The fourth-order valence-electron chi connectivity index (χ4n) is 1.80. The third-order valence-electron chi connectivity index (χ3n) is 2.83. The molecule has 0 heterocycles. The number of aryl methyl sites for hydroxylation is 1. The molecule has 2 aromatic carbocycles. The summed E-state index contributed by atoms with van der Waals surface area (Å²) in [6.45, 7) is 1.97. The van der Waals surface area contributed by atoms with Crippen molar-refractivity contribution in [3.63, 3.8) is 0 Å². The molecule has 0 bridgehead atoms. The average Bonchev–Trinajstić information content (AvgIpc) is 2.41. The van der Waals surface area contributed by atoms with Crippen LogP contribution in [0.5, 0.6) is 0 Å². The molecule has 0 aromatic heterocycles. The van der Waals surface area contributed by atoms with Crippen LogP contribution in [0.2, 0.25) is 0 Å². The Labute approximate surface area is 107 Å². The minimum absolute atomic E-state index is 0.103. The van der Waals surface area contributed by atoms with Gasteiger partial charge in [-0.15, -0.1) is 0 Å². The Hall–Kier alpha value is -2.29. The Bertz CT molecular complexity index is 564. The lowest BCUT2D eigenvalue weighted by molar-refractivity contribution is 0.102. The second-order valence-corrected chi connectivity index (χ2v) is 4.06. The SMILES string of the molecule is CNc1ccccc1C(=O)Nc1ccccc1C. The summed E-state index contributed by atoms with van der Waals surface area (Å²) in [7, 11) is 1.81. The van der Waals surface area contributed by atoms with Crippen LogP contribution in [0.1, 0.15) is 15.9 Å². The quantitative estimate of drug-likeness (QED) is 0.864. The maximum absolute atomic E-state index is 12.2. The summed E-state index contributed by atoms with van der Waals surface area (Å²) in [4.78, 5) is 12.2. The molecule has 0 aliphatic carbocycles. The van der Waals surface area contributed by atoms with Gasteiger partial charge in [0.1, 0.15) is 0 Å². The number of carbonyl (C=O) groups excluding carboxylic acids is 1. The highest BCUT2D eigenvalue weighted by Gasteiger charge is 2.10. The van der Waals surface area contributed by atoms with Crippen LogP contribution >= 0.6 is 0 Å². The second-order valence-electron chi connectivity index (χ2n) is 4.06. The molecule has 2 aromatic rings. The number of rotatable bonds is 3. The molecule has 3 heteroatoms. The molecule has 0 atom stereocenters. The van der Waals surface area contributed by atoms with E-state index in [4.69, 9.17) is 0 Å². The Kier molecular flexibility index (Phi) is 3.63. The lowest BCUT2D eigenvalue weighted by Gasteiger charge is -2.11. The third-order valence-corrected chi connectivity index (χ3v) is 2.83. The zero-order chi connectivity index (χ0) is 13.0. The van der Waals surface area contributed by atoms with Crippen LogP contribution in [0.4, 0.5) is 11.4 Å². The van der Waals surface area contributed by atoms with E-state index < -0.39 is 0 Å². The first-order valence-corrected chi connectivity index (χ1v) is 5.86. The van der Waals surface area contributed by atoms with Crippen molar-refractivity contribution < 1.29 is 4.79 Å². The fourth-order valence-corrected chi connectivity index (χ4v) is 1.80. The second kappa shape index (κ2) is 5.36. The van der Waals surface area contributed by atoms with E-state index >= 15 is 0 Å². The predicted octanol–water partition coefficient (Wildman–Crippen LogP) is 3.29. The largest absolute Gasteiger partial charge is 0.387 e. The zero-order valence-electron chi connectivity index (χ0n) is 10.5. The standard InChI is InChI=1S/C15H16N2O/c1-11-7-3-5-9-13(11)17-15(18)12-8-4-6-10-14(12)16-2/h3-10,16H,1-2H3,(H,17,18). The van der Waals surface area contributed by atoms with Crippen LogP contribution in [0, 0.1) is 6.92 Å². The normalized spacial score (nSPS) is 9.89. The zero-order valence-corrected chi connectivity index (χ0v) is 10.5. The van der Waals surface area contributed by atoms with Crippen molar-refractivity contribution in [1.82, 2.24) is 0 Å². The summed E-state index contributed by atoms with van der Waals surface area (Å²) in [5, 5.41) is 5.94. The monoisotopic (exact) mass is 240 g/mol. The molecule has 0 aliphatic heterocycles. The lowest BCUT2D eigenvalue weighted by atomic mass is 10.1. The van der Waals surface area contributed by atoms with Crippen molar-refractivity contribution >= 4 is 17.3 Å². The molecule has 2 rings (SSSR count). The van der Waals surface area contributed by atoms with Gasteiger partial charge in [0, 0.05) is 18.4 Å². The minimum atomic E-state index is -0.103. The van der Waals surface area contributed by atoms with Crippen LogP contribution in [0.25, 0.3) is 0 Å². The molecule has 0 saturated heterocycles. The van der Waals surface area contributed by atoms with Gasteiger partial charge in [-0.2, -0.15) is 0 Å². The molecule has 0 unspecified atom stereocenters. The highest BCUT2D eigenvalue weighted by atomic mass is 16.1. The van der Waals surface area contributed by atoms with Gasteiger partial charge >= 0.3 is 0 Å². The highest BCUT2D eigenvalue weighted by molar-refractivity contribution is 6.08. The topological polar surface area (TPSA) is 41.1 Å². The molecule has 0 aliphatic rings. The van der Waals surface area contributed by atoms with Crippen molar-refractivity contribution in [2.75, 3.05) is 17.7 Å². The lowest BCUT2D eigenvalue weighted by Crippen LogP contribution is -2.14. The van der Waals surface area contributed by atoms with Crippen LogP contribution in [-0.2, 0) is 0 Å². The maximum Gasteiger partial charge on any atom is 0.257 e. The van der Waals surface area contributed by atoms with Crippen LogP contribution in [-0.4, -0.2) is 13.0 Å². The van der Waals surface area contributed by atoms with Gasteiger partial charge in [0.25, 0.3) is 5.91 Å². The maximum atomic E-state index is 12.2. The molecular formula is C15H16N2O. The van der Waals surface area contributed by atoms with Gasteiger partial charge < -0.3 is 10.6 Å². The van der Waals surface area contributed by atoms with Crippen molar-refractivity contribution in [2.45, 2.75) is 6.92 Å². The molecule has 2 N–H and O–H groups in total. The van der Waals surface area contributed by atoms with Gasteiger partial charge in [0.15, 0.2) is 0 Å². The van der Waals surface area contributed by atoms with Gasteiger partial charge in [0.05, 0.1) is 5.56 Å². The highest BCUT2D eigenvalue weighted by Crippen LogP contribution is 2.18.